The number of phenolic OH excluding ortho intramolecular Hbond substituents is 2. The minimum absolute atomic E-state index is 0.126. The van der Waals surface area contributed by atoms with Gasteiger partial charge in [0.05, 0.1) is 12.1 Å². The van der Waals surface area contributed by atoms with Gasteiger partial charge in [0.25, 0.3) is 0 Å². The van der Waals surface area contributed by atoms with Crippen molar-refractivity contribution in [1.29, 1.82) is 0 Å². The van der Waals surface area contributed by atoms with Crippen LogP contribution in [0.2, 0.25) is 0 Å². The molecule has 1 aromatic carbocycles. The van der Waals surface area contributed by atoms with Crippen LogP contribution < -0.4 is 16.8 Å². The largest absolute Gasteiger partial charge is 0.508 e. The summed E-state index contributed by atoms with van der Waals surface area (Å²) in [5, 5.41) is 21.1. The number of nitrogens with one attached hydrogen (secondary N) is 1. The second-order valence-corrected chi connectivity index (χ2v) is 3.47. The number of hydrogen-bond acceptors (Lipinski definition) is 5. The van der Waals surface area contributed by atoms with Gasteiger partial charge < -0.3 is 27.0 Å². The second-order valence-electron chi connectivity index (χ2n) is 3.47. The SMILES string of the molecule is NC(=O)CC(Nc1ccc(O)cc1O)C(N)=O. The Labute approximate surface area is 97.0 Å². The fraction of sp³-hybridized carbons (Fsp3) is 0.200. The third-order valence-electron chi connectivity index (χ3n) is 2.06. The molecule has 1 aromatic rings. The van der Waals surface area contributed by atoms with Gasteiger partial charge in [0.1, 0.15) is 17.5 Å². The molecule has 2 amide bonds. The first-order valence-corrected chi connectivity index (χ1v) is 4.76. The fourth-order valence-corrected chi connectivity index (χ4v) is 1.25. The standard InChI is InChI=1S/C10H13N3O4/c11-9(16)4-7(10(12)17)13-6-2-1-5(14)3-8(6)15/h1-3,7,13-15H,4H2,(H2,11,16)(H2,12,17). The van der Waals surface area contributed by atoms with Crippen LogP contribution in [-0.4, -0.2) is 28.1 Å². The Morgan fingerprint density at radius 3 is 2.41 bits per heavy atom. The Bertz CT molecular complexity index is 447. The average molecular weight is 239 g/mol. The predicted octanol–water partition coefficient (Wildman–Crippen LogP) is -0.761. The van der Waals surface area contributed by atoms with Crippen molar-refractivity contribution in [3.63, 3.8) is 0 Å². The number of nitrogens with two attached hydrogens (primary N) is 2. The molecule has 0 fully saturated rings. The third kappa shape index (κ3) is 3.56. The molecule has 7 heteroatoms. The number of carbonyl (C=O) groups is 2. The molecule has 0 radical (unpaired) electrons. The number of hydrogen-bond donors (Lipinski definition) is 5. The lowest BCUT2D eigenvalue weighted by Gasteiger charge is -2.16. The first kappa shape index (κ1) is 12.6. The molecule has 0 aliphatic carbocycles. The summed E-state index contributed by atoms with van der Waals surface area (Å²) in [7, 11) is 0. The fourth-order valence-electron chi connectivity index (χ4n) is 1.25. The number of rotatable bonds is 5. The van der Waals surface area contributed by atoms with Gasteiger partial charge in [0, 0.05) is 6.07 Å². The topological polar surface area (TPSA) is 139 Å². The highest BCUT2D eigenvalue weighted by Gasteiger charge is 2.19. The summed E-state index contributed by atoms with van der Waals surface area (Å²) in [6.07, 6.45) is -0.282. The Hall–Kier alpha value is -2.44. The van der Waals surface area contributed by atoms with E-state index in [0.717, 1.165) is 6.07 Å². The zero-order chi connectivity index (χ0) is 13.0. The highest BCUT2D eigenvalue weighted by Crippen LogP contribution is 2.27. The number of aromatic hydroxyl groups is 2. The molecule has 0 spiro atoms. The summed E-state index contributed by atoms with van der Waals surface area (Å²) in [5.41, 5.74) is 10.2. The number of primary amides is 2. The maximum atomic E-state index is 11.0. The third-order valence-corrected chi connectivity index (χ3v) is 2.06. The number of amides is 2. The molecule has 1 rings (SSSR count). The lowest BCUT2D eigenvalue weighted by molar-refractivity contribution is -0.123. The van der Waals surface area contributed by atoms with Crippen LogP contribution in [0.4, 0.5) is 5.69 Å². The van der Waals surface area contributed by atoms with Gasteiger partial charge in [-0.05, 0) is 12.1 Å². The molecule has 7 nitrogen and oxygen atoms in total. The van der Waals surface area contributed by atoms with E-state index in [1.54, 1.807) is 0 Å². The summed E-state index contributed by atoms with van der Waals surface area (Å²) in [5.74, 6) is -1.85. The van der Waals surface area contributed by atoms with Crippen molar-refractivity contribution in [2.45, 2.75) is 12.5 Å². The lowest BCUT2D eigenvalue weighted by atomic mass is 10.1. The van der Waals surface area contributed by atoms with E-state index in [2.05, 4.69) is 5.32 Å². The number of anilines is 1. The van der Waals surface area contributed by atoms with Gasteiger partial charge in [-0.25, -0.2) is 0 Å². The van der Waals surface area contributed by atoms with E-state index >= 15 is 0 Å². The van der Waals surface area contributed by atoms with Crippen molar-refractivity contribution >= 4 is 17.5 Å². The first-order chi connectivity index (χ1) is 7.90. The Morgan fingerprint density at radius 1 is 1.29 bits per heavy atom. The van der Waals surface area contributed by atoms with Crippen molar-refractivity contribution in [2.75, 3.05) is 5.32 Å². The van der Waals surface area contributed by atoms with Crippen LogP contribution in [0.15, 0.2) is 18.2 Å². The normalized spacial score (nSPS) is 11.8. The van der Waals surface area contributed by atoms with Gasteiger partial charge in [-0.15, -0.1) is 0 Å². The quantitative estimate of drug-likeness (QED) is 0.339. The number of phenols is 2. The van der Waals surface area contributed by atoms with Crippen molar-refractivity contribution in [2.24, 2.45) is 11.5 Å². The molecule has 92 valence electrons. The van der Waals surface area contributed by atoms with Crippen molar-refractivity contribution < 1.29 is 19.8 Å². The number of benzene rings is 1. The highest BCUT2D eigenvalue weighted by molar-refractivity contribution is 5.89. The summed E-state index contributed by atoms with van der Waals surface area (Å²) in [4.78, 5) is 21.8. The molecule has 0 saturated carbocycles. The van der Waals surface area contributed by atoms with Gasteiger partial charge in [-0.1, -0.05) is 0 Å². The molecular weight excluding hydrogens is 226 g/mol. The molecule has 0 aromatic heterocycles. The monoisotopic (exact) mass is 239 g/mol. The van der Waals surface area contributed by atoms with E-state index < -0.39 is 17.9 Å². The van der Waals surface area contributed by atoms with Crippen LogP contribution in [-0.2, 0) is 9.59 Å². The summed E-state index contributed by atoms with van der Waals surface area (Å²) in [6, 6.07) is 2.74. The van der Waals surface area contributed by atoms with Gasteiger partial charge in [-0.3, -0.25) is 9.59 Å². The molecule has 0 aliphatic rings. The predicted molar refractivity (Wildman–Crippen MR) is 60.2 cm³/mol. The van der Waals surface area contributed by atoms with Crippen molar-refractivity contribution in [3.05, 3.63) is 18.2 Å². The van der Waals surface area contributed by atoms with Crippen molar-refractivity contribution in [3.8, 4) is 11.5 Å². The van der Waals surface area contributed by atoms with Crippen LogP contribution in [0.3, 0.4) is 0 Å². The van der Waals surface area contributed by atoms with Crippen LogP contribution in [0.25, 0.3) is 0 Å². The Balaban J connectivity index is 2.86. The van der Waals surface area contributed by atoms with E-state index in [9.17, 15) is 14.7 Å². The minimum Gasteiger partial charge on any atom is -0.508 e. The van der Waals surface area contributed by atoms with Gasteiger partial charge in [0.2, 0.25) is 11.8 Å². The molecule has 1 unspecified atom stereocenters. The zero-order valence-electron chi connectivity index (χ0n) is 8.88. The van der Waals surface area contributed by atoms with Crippen LogP contribution in [0, 0.1) is 0 Å². The van der Waals surface area contributed by atoms with E-state index in [1.165, 1.54) is 12.1 Å². The summed E-state index contributed by atoms with van der Waals surface area (Å²) in [6.45, 7) is 0. The molecule has 0 aliphatic heterocycles. The van der Waals surface area contributed by atoms with Crippen molar-refractivity contribution in [1.82, 2.24) is 0 Å². The molecule has 0 bridgehead atoms. The molecule has 7 N–H and O–H groups in total. The molecule has 1 atom stereocenters. The summed E-state index contributed by atoms with van der Waals surface area (Å²) >= 11 is 0. The first-order valence-electron chi connectivity index (χ1n) is 4.76. The highest BCUT2D eigenvalue weighted by atomic mass is 16.3. The zero-order valence-corrected chi connectivity index (χ0v) is 8.88. The lowest BCUT2D eigenvalue weighted by Crippen LogP contribution is -2.38. The van der Waals surface area contributed by atoms with E-state index in [1.807, 2.05) is 0 Å². The summed E-state index contributed by atoms with van der Waals surface area (Å²) < 4.78 is 0. The molecular formula is C10H13N3O4. The van der Waals surface area contributed by atoms with Gasteiger partial charge in [-0.2, -0.15) is 0 Å². The van der Waals surface area contributed by atoms with Gasteiger partial charge in [0.15, 0.2) is 0 Å². The maximum Gasteiger partial charge on any atom is 0.240 e. The molecule has 0 heterocycles. The van der Waals surface area contributed by atoms with E-state index in [0.29, 0.717) is 0 Å². The van der Waals surface area contributed by atoms with E-state index in [-0.39, 0.29) is 23.6 Å². The smallest absolute Gasteiger partial charge is 0.240 e. The van der Waals surface area contributed by atoms with Crippen LogP contribution >= 0.6 is 0 Å². The number of carbonyl (C=O) groups excluding carboxylic acids is 2. The molecule has 0 saturated heterocycles. The maximum absolute atomic E-state index is 11.0. The second kappa shape index (κ2) is 5.06. The van der Waals surface area contributed by atoms with Gasteiger partial charge >= 0.3 is 0 Å². The minimum atomic E-state index is -1.01. The van der Waals surface area contributed by atoms with Crippen LogP contribution in [0.1, 0.15) is 6.42 Å². The van der Waals surface area contributed by atoms with E-state index in [4.69, 9.17) is 16.6 Å². The average Bonchev–Trinajstić information content (AvgIpc) is 2.19. The Kier molecular flexibility index (Phi) is 3.76. The molecule has 17 heavy (non-hydrogen) atoms. The Morgan fingerprint density at radius 2 is 1.94 bits per heavy atom. The van der Waals surface area contributed by atoms with Crippen LogP contribution in [0.5, 0.6) is 11.5 Å².